The molecule has 2 aromatic heterocycles. The van der Waals surface area contributed by atoms with Crippen molar-refractivity contribution in [3.05, 3.63) is 17.5 Å². The van der Waals surface area contributed by atoms with Gasteiger partial charge in [-0.25, -0.2) is 0 Å². The van der Waals surface area contributed by atoms with Crippen molar-refractivity contribution in [1.29, 1.82) is 0 Å². The van der Waals surface area contributed by atoms with Gasteiger partial charge in [-0.3, -0.25) is 0 Å². The fourth-order valence-electron chi connectivity index (χ4n) is 1.40. The van der Waals surface area contributed by atoms with Crippen LogP contribution in [0.15, 0.2) is 12.4 Å². The Kier molecular flexibility index (Phi) is 3.21. The van der Waals surface area contributed by atoms with Crippen molar-refractivity contribution in [3.8, 4) is 0 Å². The number of hydrogen-bond acceptors (Lipinski definition) is 5. The molecule has 0 aliphatic rings. The highest BCUT2D eigenvalue weighted by molar-refractivity contribution is 6.29. The van der Waals surface area contributed by atoms with Gasteiger partial charge in [-0.15, -0.1) is 0 Å². The SMILES string of the molecule is CC(CCO)Nc1cc(Cl)nc2ncnn12. The minimum atomic E-state index is 0.121. The first-order chi connectivity index (χ1) is 7.70. The third kappa shape index (κ3) is 2.23. The second-order valence-electron chi connectivity index (χ2n) is 3.49. The number of rotatable bonds is 4. The van der Waals surface area contributed by atoms with Crippen molar-refractivity contribution in [2.24, 2.45) is 0 Å². The van der Waals surface area contributed by atoms with Gasteiger partial charge in [-0.1, -0.05) is 11.6 Å². The number of fused-ring (bicyclic) bond motifs is 1. The van der Waals surface area contributed by atoms with Crippen molar-refractivity contribution in [2.45, 2.75) is 19.4 Å². The van der Waals surface area contributed by atoms with Crippen LogP contribution < -0.4 is 5.32 Å². The van der Waals surface area contributed by atoms with Crippen LogP contribution in [0.5, 0.6) is 0 Å². The van der Waals surface area contributed by atoms with E-state index in [-0.39, 0.29) is 12.6 Å². The zero-order valence-electron chi connectivity index (χ0n) is 8.76. The molecular weight excluding hydrogens is 230 g/mol. The van der Waals surface area contributed by atoms with Gasteiger partial charge in [0, 0.05) is 18.7 Å². The molecule has 2 heterocycles. The maximum atomic E-state index is 8.83. The fraction of sp³-hybridized carbons (Fsp3) is 0.444. The first-order valence-corrected chi connectivity index (χ1v) is 5.32. The summed E-state index contributed by atoms with van der Waals surface area (Å²) in [5.41, 5.74) is 0. The van der Waals surface area contributed by atoms with Crippen LogP contribution in [0.3, 0.4) is 0 Å². The standard InChI is InChI=1S/C9H12ClN5O/c1-6(2-3-16)13-8-4-7(10)14-9-11-5-12-15(8)9/h4-6,13,16H,2-3H2,1H3. The highest BCUT2D eigenvalue weighted by Gasteiger charge is 2.08. The number of anilines is 1. The average Bonchev–Trinajstić information content (AvgIpc) is 2.65. The predicted octanol–water partition coefficient (Wildman–Crippen LogP) is 0.960. The first-order valence-electron chi connectivity index (χ1n) is 4.94. The number of aliphatic hydroxyl groups is 1. The monoisotopic (exact) mass is 241 g/mol. The fourth-order valence-corrected chi connectivity index (χ4v) is 1.58. The highest BCUT2D eigenvalue weighted by Crippen LogP contribution is 2.15. The molecule has 86 valence electrons. The Hall–Kier alpha value is -1.40. The van der Waals surface area contributed by atoms with E-state index in [9.17, 15) is 0 Å². The minimum absolute atomic E-state index is 0.121. The summed E-state index contributed by atoms with van der Waals surface area (Å²) in [4.78, 5) is 7.98. The Bertz CT molecular complexity index is 486. The Balaban J connectivity index is 2.31. The number of hydrogen-bond donors (Lipinski definition) is 2. The molecule has 0 aliphatic carbocycles. The van der Waals surface area contributed by atoms with Crippen LogP contribution in [0.1, 0.15) is 13.3 Å². The Morgan fingerprint density at radius 2 is 2.44 bits per heavy atom. The van der Waals surface area contributed by atoms with E-state index >= 15 is 0 Å². The number of aromatic nitrogens is 4. The van der Waals surface area contributed by atoms with Crippen molar-refractivity contribution in [2.75, 3.05) is 11.9 Å². The number of aliphatic hydroxyl groups excluding tert-OH is 1. The largest absolute Gasteiger partial charge is 0.396 e. The predicted molar refractivity (Wildman–Crippen MR) is 60.6 cm³/mol. The summed E-state index contributed by atoms with van der Waals surface area (Å²) in [7, 11) is 0. The van der Waals surface area contributed by atoms with Gasteiger partial charge in [0.15, 0.2) is 0 Å². The molecule has 0 radical (unpaired) electrons. The molecule has 0 saturated heterocycles. The van der Waals surface area contributed by atoms with Gasteiger partial charge < -0.3 is 10.4 Å². The Morgan fingerprint density at radius 3 is 3.19 bits per heavy atom. The summed E-state index contributed by atoms with van der Waals surface area (Å²) in [6, 6.07) is 1.80. The molecule has 1 atom stereocenters. The topological polar surface area (TPSA) is 75.3 Å². The van der Waals surface area contributed by atoms with Crippen molar-refractivity contribution in [1.82, 2.24) is 19.6 Å². The minimum Gasteiger partial charge on any atom is -0.396 e. The van der Waals surface area contributed by atoms with E-state index in [2.05, 4.69) is 20.4 Å². The molecule has 6 nitrogen and oxygen atoms in total. The van der Waals surface area contributed by atoms with Gasteiger partial charge >= 0.3 is 0 Å². The second kappa shape index (κ2) is 4.63. The summed E-state index contributed by atoms with van der Waals surface area (Å²) < 4.78 is 1.57. The summed E-state index contributed by atoms with van der Waals surface area (Å²) in [6.45, 7) is 2.10. The number of nitrogens with zero attached hydrogens (tertiary/aromatic N) is 4. The lowest BCUT2D eigenvalue weighted by Crippen LogP contribution is -2.19. The number of nitrogens with one attached hydrogen (secondary N) is 1. The van der Waals surface area contributed by atoms with Gasteiger partial charge in [0.25, 0.3) is 5.78 Å². The molecule has 0 fully saturated rings. The molecule has 2 rings (SSSR count). The second-order valence-corrected chi connectivity index (χ2v) is 3.88. The lowest BCUT2D eigenvalue weighted by Gasteiger charge is -2.14. The zero-order chi connectivity index (χ0) is 11.5. The molecule has 16 heavy (non-hydrogen) atoms. The van der Waals surface area contributed by atoms with Crippen LogP contribution in [-0.4, -0.2) is 37.3 Å². The van der Waals surface area contributed by atoms with Crippen LogP contribution in [0.2, 0.25) is 5.15 Å². The summed E-state index contributed by atoms with van der Waals surface area (Å²) in [6.07, 6.45) is 2.07. The number of halogens is 1. The van der Waals surface area contributed by atoms with Crippen LogP contribution >= 0.6 is 11.6 Å². The first kappa shape index (κ1) is 11.1. The Morgan fingerprint density at radius 1 is 1.62 bits per heavy atom. The molecule has 2 aromatic rings. The lowest BCUT2D eigenvalue weighted by atomic mass is 10.2. The van der Waals surface area contributed by atoms with E-state index in [1.807, 2.05) is 6.92 Å². The molecule has 0 aromatic carbocycles. The van der Waals surface area contributed by atoms with Gasteiger partial charge in [0.1, 0.15) is 17.3 Å². The third-order valence-electron chi connectivity index (χ3n) is 2.18. The summed E-state index contributed by atoms with van der Waals surface area (Å²) >= 11 is 5.86. The van der Waals surface area contributed by atoms with E-state index < -0.39 is 0 Å². The molecule has 0 saturated carbocycles. The highest BCUT2D eigenvalue weighted by atomic mass is 35.5. The van der Waals surface area contributed by atoms with Crippen LogP contribution in [0.25, 0.3) is 5.78 Å². The molecule has 0 spiro atoms. The summed E-state index contributed by atoms with van der Waals surface area (Å²) in [5.74, 6) is 1.17. The van der Waals surface area contributed by atoms with E-state index in [1.165, 1.54) is 6.33 Å². The van der Waals surface area contributed by atoms with Crippen molar-refractivity contribution in [3.63, 3.8) is 0 Å². The molecule has 0 bridgehead atoms. The van der Waals surface area contributed by atoms with E-state index in [0.29, 0.717) is 23.2 Å². The van der Waals surface area contributed by atoms with Crippen molar-refractivity contribution >= 4 is 23.2 Å². The van der Waals surface area contributed by atoms with Gasteiger partial charge in [0.2, 0.25) is 0 Å². The van der Waals surface area contributed by atoms with Gasteiger partial charge in [-0.2, -0.15) is 19.6 Å². The zero-order valence-corrected chi connectivity index (χ0v) is 9.52. The lowest BCUT2D eigenvalue weighted by molar-refractivity contribution is 0.282. The van der Waals surface area contributed by atoms with Crippen molar-refractivity contribution < 1.29 is 5.11 Å². The molecule has 2 N–H and O–H groups in total. The molecule has 0 aliphatic heterocycles. The van der Waals surface area contributed by atoms with Gasteiger partial charge in [-0.05, 0) is 13.3 Å². The van der Waals surface area contributed by atoms with E-state index in [4.69, 9.17) is 16.7 Å². The molecular formula is C9H12ClN5O. The summed E-state index contributed by atoms with van der Waals surface area (Å²) in [5, 5.41) is 16.4. The van der Waals surface area contributed by atoms with Crippen LogP contribution in [0.4, 0.5) is 5.82 Å². The molecule has 7 heteroatoms. The third-order valence-corrected chi connectivity index (χ3v) is 2.37. The van der Waals surface area contributed by atoms with Crippen LogP contribution in [-0.2, 0) is 0 Å². The van der Waals surface area contributed by atoms with Gasteiger partial charge in [0.05, 0.1) is 0 Å². The van der Waals surface area contributed by atoms with Crippen LogP contribution in [0, 0.1) is 0 Å². The maximum absolute atomic E-state index is 8.83. The van der Waals surface area contributed by atoms with E-state index in [1.54, 1.807) is 10.6 Å². The average molecular weight is 242 g/mol. The Labute approximate surface area is 97.3 Å². The smallest absolute Gasteiger partial charge is 0.255 e. The molecule has 1 unspecified atom stereocenters. The normalized spacial score (nSPS) is 12.9. The van der Waals surface area contributed by atoms with E-state index in [0.717, 1.165) is 0 Å². The molecule has 0 amide bonds. The maximum Gasteiger partial charge on any atom is 0.255 e. The quantitative estimate of drug-likeness (QED) is 0.780.